The number of hydrogen-bond donors (Lipinski definition) is 1. The summed E-state index contributed by atoms with van der Waals surface area (Å²) < 4.78 is 12.9. The van der Waals surface area contributed by atoms with Crippen molar-refractivity contribution in [2.75, 3.05) is 13.6 Å². The molecule has 0 saturated heterocycles. The molecular weight excluding hydrogens is 263 g/mol. The van der Waals surface area contributed by atoms with E-state index in [4.69, 9.17) is 5.73 Å². The van der Waals surface area contributed by atoms with Gasteiger partial charge in [-0.2, -0.15) is 0 Å². The first kappa shape index (κ1) is 15.7. The Labute approximate surface area is 126 Å². The van der Waals surface area contributed by atoms with Crippen molar-refractivity contribution in [2.45, 2.75) is 25.9 Å². The Balaban J connectivity index is 1.81. The molecule has 0 heterocycles. The summed E-state index contributed by atoms with van der Waals surface area (Å²) in [7, 11) is 2.09. The lowest BCUT2D eigenvalue weighted by atomic mass is 10.0. The Morgan fingerprint density at radius 3 is 2.29 bits per heavy atom. The Kier molecular flexibility index (Phi) is 5.48. The SMILES string of the molecule is Cc1ccc(CN(C)CCC(N)c2ccc(F)cc2)cc1. The maximum Gasteiger partial charge on any atom is 0.123 e. The number of nitrogens with two attached hydrogens (primary N) is 1. The summed E-state index contributed by atoms with van der Waals surface area (Å²) >= 11 is 0. The number of rotatable bonds is 6. The number of hydrogen-bond acceptors (Lipinski definition) is 2. The molecule has 0 aliphatic heterocycles. The lowest BCUT2D eigenvalue weighted by molar-refractivity contribution is 0.311. The second kappa shape index (κ2) is 7.34. The maximum atomic E-state index is 12.9. The van der Waals surface area contributed by atoms with Crippen LogP contribution in [0.1, 0.15) is 29.2 Å². The van der Waals surface area contributed by atoms with Crippen LogP contribution in [0.4, 0.5) is 4.39 Å². The van der Waals surface area contributed by atoms with Gasteiger partial charge in [-0.05, 0) is 50.2 Å². The molecule has 0 saturated carbocycles. The van der Waals surface area contributed by atoms with E-state index in [-0.39, 0.29) is 11.9 Å². The number of aryl methyl sites for hydroxylation is 1. The van der Waals surface area contributed by atoms with Gasteiger partial charge in [0.15, 0.2) is 0 Å². The first-order chi connectivity index (χ1) is 10.0. The summed E-state index contributed by atoms with van der Waals surface area (Å²) in [5, 5.41) is 0. The van der Waals surface area contributed by atoms with Crippen LogP contribution in [0.5, 0.6) is 0 Å². The summed E-state index contributed by atoms with van der Waals surface area (Å²) in [6.45, 7) is 3.91. The van der Waals surface area contributed by atoms with Crippen molar-refractivity contribution in [3.63, 3.8) is 0 Å². The minimum absolute atomic E-state index is 0.0499. The van der Waals surface area contributed by atoms with Crippen molar-refractivity contribution in [2.24, 2.45) is 5.73 Å². The number of benzene rings is 2. The molecule has 0 radical (unpaired) electrons. The molecule has 3 heteroatoms. The summed E-state index contributed by atoms with van der Waals surface area (Å²) in [6.07, 6.45) is 0.855. The van der Waals surface area contributed by atoms with Gasteiger partial charge < -0.3 is 10.6 Å². The molecule has 0 aliphatic rings. The molecule has 2 rings (SSSR count). The zero-order valence-electron chi connectivity index (χ0n) is 12.7. The molecule has 21 heavy (non-hydrogen) atoms. The summed E-state index contributed by atoms with van der Waals surface area (Å²) in [5.74, 6) is -0.220. The van der Waals surface area contributed by atoms with E-state index < -0.39 is 0 Å². The zero-order chi connectivity index (χ0) is 15.2. The van der Waals surface area contributed by atoms with Crippen molar-refractivity contribution >= 4 is 0 Å². The van der Waals surface area contributed by atoms with Crippen molar-refractivity contribution in [1.82, 2.24) is 4.90 Å². The summed E-state index contributed by atoms with van der Waals surface area (Å²) in [4.78, 5) is 2.26. The van der Waals surface area contributed by atoms with Gasteiger partial charge in [0.25, 0.3) is 0 Å². The molecule has 2 nitrogen and oxygen atoms in total. The molecule has 2 aromatic rings. The highest BCUT2D eigenvalue weighted by atomic mass is 19.1. The van der Waals surface area contributed by atoms with Crippen molar-refractivity contribution in [3.05, 3.63) is 71.0 Å². The molecule has 1 unspecified atom stereocenters. The van der Waals surface area contributed by atoms with E-state index in [2.05, 4.69) is 43.1 Å². The smallest absolute Gasteiger partial charge is 0.123 e. The van der Waals surface area contributed by atoms with Gasteiger partial charge in [-0.3, -0.25) is 0 Å². The zero-order valence-corrected chi connectivity index (χ0v) is 12.7. The molecular formula is C18H23FN2. The molecule has 0 bridgehead atoms. The van der Waals surface area contributed by atoms with Gasteiger partial charge in [0.1, 0.15) is 5.82 Å². The van der Waals surface area contributed by atoms with E-state index in [0.29, 0.717) is 0 Å². The van der Waals surface area contributed by atoms with E-state index in [1.165, 1.54) is 23.3 Å². The first-order valence-electron chi connectivity index (χ1n) is 7.30. The molecule has 112 valence electrons. The Morgan fingerprint density at radius 1 is 1.05 bits per heavy atom. The molecule has 0 spiro atoms. The molecule has 1 atom stereocenters. The van der Waals surface area contributed by atoms with Crippen molar-refractivity contribution in [3.8, 4) is 0 Å². The van der Waals surface area contributed by atoms with Crippen molar-refractivity contribution < 1.29 is 4.39 Å². The van der Waals surface area contributed by atoms with Gasteiger partial charge in [-0.15, -0.1) is 0 Å². The van der Waals surface area contributed by atoms with Crippen LogP contribution in [0.2, 0.25) is 0 Å². The monoisotopic (exact) mass is 286 g/mol. The maximum absolute atomic E-state index is 12.9. The van der Waals surface area contributed by atoms with Gasteiger partial charge in [0, 0.05) is 12.6 Å². The third-order valence-corrected chi connectivity index (χ3v) is 3.69. The Morgan fingerprint density at radius 2 is 1.67 bits per heavy atom. The quantitative estimate of drug-likeness (QED) is 0.878. The average molecular weight is 286 g/mol. The summed E-state index contributed by atoms with van der Waals surface area (Å²) in [5.41, 5.74) is 9.73. The predicted molar refractivity (Wildman–Crippen MR) is 85.5 cm³/mol. The van der Waals surface area contributed by atoms with E-state index in [1.807, 2.05) is 0 Å². The first-order valence-corrected chi connectivity index (χ1v) is 7.30. The Hall–Kier alpha value is -1.71. The van der Waals surface area contributed by atoms with Gasteiger partial charge in [0.05, 0.1) is 0 Å². The molecule has 0 aromatic heterocycles. The van der Waals surface area contributed by atoms with Crippen LogP contribution in [0.25, 0.3) is 0 Å². The average Bonchev–Trinajstić information content (AvgIpc) is 2.48. The van der Waals surface area contributed by atoms with Crippen molar-refractivity contribution in [1.29, 1.82) is 0 Å². The van der Waals surface area contributed by atoms with Crippen LogP contribution in [0.15, 0.2) is 48.5 Å². The van der Waals surface area contributed by atoms with Crippen LogP contribution < -0.4 is 5.73 Å². The fraction of sp³-hybridized carbons (Fsp3) is 0.333. The highest BCUT2D eigenvalue weighted by Gasteiger charge is 2.08. The van der Waals surface area contributed by atoms with Crippen LogP contribution in [0.3, 0.4) is 0 Å². The minimum atomic E-state index is -0.220. The van der Waals surface area contributed by atoms with E-state index in [0.717, 1.165) is 25.1 Å². The number of halogens is 1. The molecule has 2 aromatic carbocycles. The van der Waals surface area contributed by atoms with Crippen LogP contribution in [0, 0.1) is 12.7 Å². The second-order valence-electron chi connectivity index (χ2n) is 5.67. The normalized spacial score (nSPS) is 12.6. The fourth-order valence-corrected chi connectivity index (χ4v) is 2.32. The van der Waals surface area contributed by atoms with Gasteiger partial charge in [-0.1, -0.05) is 42.0 Å². The fourth-order valence-electron chi connectivity index (χ4n) is 2.32. The molecule has 0 amide bonds. The topological polar surface area (TPSA) is 29.3 Å². The van der Waals surface area contributed by atoms with Gasteiger partial charge in [-0.25, -0.2) is 4.39 Å². The standard InChI is InChI=1S/C18H23FN2/c1-14-3-5-15(6-4-14)13-21(2)12-11-18(20)16-7-9-17(19)10-8-16/h3-10,18H,11-13,20H2,1-2H3. The largest absolute Gasteiger partial charge is 0.324 e. The number of nitrogens with zero attached hydrogens (tertiary/aromatic N) is 1. The third-order valence-electron chi connectivity index (χ3n) is 3.69. The van der Waals surface area contributed by atoms with Gasteiger partial charge in [0.2, 0.25) is 0 Å². The second-order valence-corrected chi connectivity index (χ2v) is 5.67. The van der Waals surface area contributed by atoms with Crippen LogP contribution >= 0.6 is 0 Å². The van der Waals surface area contributed by atoms with Crippen LogP contribution in [-0.2, 0) is 6.54 Å². The predicted octanol–water partition coefficient (Wildman–Crippen LogP) is 3.66. The summed E-state index contributed by atoms with van der Waals surface area (Å²) in [6, 6.07) is 15.0. The lowest BCUT2D eigenvalue weighted by Gasteiger charge is -2.19. The van der Waals surface area contributed by atoms with E-state index >= 15 is 0 Å². The lowest BCUT2D eigenvalue weighted by Crippen LogP contribution is -2.23. The molecule has 0 fully saturated rings. The highest BCUT2D eigenvalue weighted by Crippen LogP contribution is 2.15. The Bertz CT molecular complexity index is 548. The van der Waals surface area contributed by atoms with Crippen LogP contribution in [-0.4, -0.2) is 18.5 Å². The highest BCUT2D eigenvalue weighted by molar-refractivity contribution is 5.21. The molecule has 2 N–H and O–H groups in total. The molecule has 0 aliphatic carbocycles. The van der Waals surface area contributed by atoms with E-state index in [1.54, 1.807) is 12.1 Å². The minimum Gasteiger partial charge on any atom is -0.324 e. The van der Waals surface area contributed by atoms with Gasteiger partial charge >= 0.3 is 0 Å². The third kappa shape index (κ3) is 4.96. The van der Waals surface area contributed by atoms with E-state index in [9.17, 15) is 4.39 Å².